The van der Waals surface area contributed by atoms with Crippen LogP contribution in [0.25, 0.3) is 0 Å². The summed E-state index contributed by atoms with van der Waals surface area (Å²) in [6.45, 7) is 14.6. The molecule has 0 aromatic heterocycles. The first kappa shape index (κ1) is 59.1. The van der Waals surface area contributed by atoms with E-state index in [-0.39, 0.29) is 54.4 Å². The number of nitrogens with one attached hydrogen (secondary N) is 1. The Balaban J connectivity index is 0.867. The molecule has 0 saturated carbocycles. The number of hydrogen-bond acceptors (Lipinski definition) is 17. The van der Waals surface area contributed by atoms with Gasteiger partial charge in [-0.25, -0.2) is 0 Å². The van der Waals surface area contributed by atoms with Crippen LogP contribution in [0.15, 0.2) is 75.7 Å². The number of benzene rings is 3. The fraction of sp³-hybridized carbons (Fsp3) is 0.526. The van der Waals surface area contributed by atoms with Gasteiger partial charge in [0.05, 0.1) is 115 Å². The van der Waals surface area contributed by atoms with Gasteiger partial charge in [0.1, 0.15) is 25.6 Å². The van der Waals surface area contributed by atoms with Gasteiger partial charge >= 0.3 is 0 Å². The highest BCUT2D eigenvalue weighted by atomic mass is 33.1. The Kier molecular flexibility index (Phi) is 23.0. The Labute approximate surface area is 461 Å². The number of carbonyl (C=O) groups excluding carboxylic acids is 3. The molecule has 4 aliphatic heterocycles. The van der Waals surface area contributed by atoms with Gasteiger partial charge in [-0.1, -0.05) is 44.9 Å². The van der Waals surface area contributed by atoms with Gasteiger partial charge in [0.15, 0.2) is 23.0 Å². The first-order valence-electron chi connectivity index (χ1n) is 26.2. The zero-order chi connectivity index (χ0) is 54.6. The third-order valence-electron chi connectivity index (χ3n) is 13.3. The molecule has 3 amide bonds. The highest BCUT2D eigenvalue weighted by molar-refractivity contribution is 8.76. The van der Waals surface area contributed by atoms with E-state index in [1.807, 2.05) is 60.5 Å². The molecule has 2 atom stereocenters. The van der Waals surface area contributed by atoms with E-state index in [0.717, 1.165) is 30.4 Å². The first-order valence-corrected chi connectivity index (χ1v) is 28.8. The van der Waals surface area contributed by atoms with Crippen molar-refractivity contribution >= 4 is 63.1 Å². The lowest BCUT2D eigenvalue weighted by molar-refractivity contribution is -0.121. The molecule has 4 heterocycles. The Morgan fingerprint density at radius 1 is 0.636 bits per heavy atom. The van der Waals surface area contributed by atoms with Crippen LogP contribution in [-0.2, 0) is 41.7 Å². The molecule has 418 valence electrons. The maximum atomic E-state index is 13.7. The van der Waals surface area contributed by atoms with E-state index in [1.54, 1.807) is 60.1 Å². The van der Waals surface area contributed by atoms with E-state index in [9.17, 15) is 14.4 Å². The van der Waals surface area contributed by atoms with E-state index >= 15 is 0 Å². The second kappa shape index (κ2) is 29.9. The number of allylic oxidation sites excluding steroid dienone is 2. The van der Waals surface area contributed by atoms with Crippen LogP contribution in [0.1, 0.15) is 85.2 Å². The van der Waals surface area contributed by atoms with Crippen LogP contribution in [0.2, 0.25) is 0 Å². The number of fused-ring (bicyclic) bond motifs is 4. The summed E-state index contributed by atoms with van der Waals surface area (Å²) in [4.78, 5) is 52.7. The number of ether oxygens (including phenoxy) is 10. The third kappa shape index (κ3) is 17.2. The quantitative estimate of drug-likeness (QED) is 0.0355. The molecule has 2 saturated heterocycles. The van der Waals surface area contributed by atoms with Crippen LogP contribution in [0.4, 0.5) is 11.4 Å². The molecule has 7 rings (SSSR count). The monoisotopic (exact) mass is 1100 g/mol. The summed E-state index contributed by atoms with van der Waals surface area (Å²) in [7, 11) is 6.60. The normalized spacial score (nSPS) is 17.8. The van der Waals surface area contributed by atoms with Crippen LogP contribution < -0.4 is 29.0 Å². The van der Waals surface area contributed by atoms with Crippen molar-refractivity contribution in [3.63, 3.8) is 0 Å². The number of nitrogens with zero attached hydrogens (tertiary/aromatic N) is 4. The minimum absolute atomic E-state index is 0.0443. The summed E-state index contributed by atoms with van der Waals surface area (Å²) in [6.07, 6.45) is 12.7. The Hall–Kier alpha value is -5.61. The van der Waals surface area contributed by atoms with Crippen molar-refractivity contribution in [1.29, 1.82) is 0 Å². The van der Waals surface area contributed by atoms with E-state index in [2.05, 4.69) is 31.3 Å². The smallest absolute Gasteiger partial charge is 0.257 e. The molecule has 77 heavy (non-hydrogen) atoms. The Bertz CT molecular complexity index is 2470. The van der Waals surface area contributed by atoms with Gasteiger partial charge in [-0.3, -0.25) is 24.4 Å². The molecule has 20 heteroatoms. The summed E-state index contributed by atoms with van der Waals surface area (Å²) in [5.74, 6) is 2.11. The molecule has 1 N–H and O–H groups in total. The van der Waals surface area contributed by atoms with E-state index < -0.39 is 0 Å². The summed E-state index contributed by atoms with van der Waals surface area (Å²) in [5, 5.41) is 2.91. The molecule has 3 aromatic carbocycles. The van der Waals surface area contributed by atoms with Gasteiger partial charge in [0, 0.05) is 55.4 Å². The van der Waals surface area contributed by atoms with Gasteiger partial charge in [0.2, 0.25) is 5.91 Å². The van der Waals surface area contributed by atoms with Crippen molar-refractivity contribution in [2.45, 2.75) is 83.4 Å². The topological polar surface area (TPSA) is 187 Å². The van der Waals surface area contributed by atoms with E-state index in [1.165, 1.54) is 11.1 Å². The van der Waals surface area contributed by atoms with Crippen molar-refractivity contribution in [3.8, 4) is 28.7 Å². The number of amides is 3. The van der Waals surface area contributed by atoms with Crippen molar-refractivity contribution in [3.05, 3.63) is 88.0 Å². The predicted molar refractivity (Wildman–Crippen MR) is 301 cm³/mol. The number of carbonyl (C=O) groups is 3. The Morgan fingerprint density at radius 3 is 1.53 bits per heavy atom. The van der Waals surface area contributed by atoms with Crippen LogP contribution in [0.5, 0.6) is 28.7 Å². The van der Waals surface area contributed by atoms with Gasteiger partial charge < -0.3 is 62.5 Å². The summed E-state index contributed by atoms with van der Waals surface area (Å²) in [6, 6.07) is 12.4. The highest BCUT2D eigenvalue weighted by Gasteiger charge is 2.36. The minimum Gasteiger partial charge on any atom is -0.493 e. The van der Waals surface area contributed by atoms with Crippen LogP contribution in [-0.4, -0.2) is 170 Å². The number of hydrogen-bond donors (Lipinski definition) is 1. The van der Waals surface area contributed by atoms with Crippen molar-refractivity contribution < 1.29 is 61.8 Å². The average molecular weight is 1100 g/mol. The molecule has 4 aliphatic rings. The molecular weight excluding hydrogens is 1030 g/mol. The maximum absolute atomic E-state index is 13.7. The largest absolute Gasteiger partial charge is 0.493 e. The van der Waals surface area contributed by atoms with Crippen molar-refractivity contribution in [2.75, 3.05) is 113 Å². The molecule has 0 aliphatic carbocycles. The lowest BCUT2D eigenvalue weighted by Crippen LogP contribution is -2.35. The van der Waals surface area contributed by atoms with Gasteiger partial charge in [-0.2, -0.15) is 0 Å². The maximum Gasteiger partial charge on any atom is 0.257 e. The summed E-state index contributed by atoms with van der Waals surface area (Å²) < 4.78 is 58.9. The number of methoxy groups -OCH3 is 2. The number of rotatable bonds is 32. The molecule has 0 unspecified atom stereocenters. The van der Waals surface area contributed by atoms with Crippen molar-refractivity contribution in [2.24, 2.45) is 9.98 Å². The number of aliphatic imine (C=N–C) groups is 2. The lowest BCUT2D eigenvalue weighted by atomic mass is 10.1. The Morgan fingerprint density at radius 2 is 1.09 bits per heavy atom. The summed E-state index contributed by atoms with van der Waals surface area (Å²) in [5.41, 5.74) is 5.92. The molecule has 3 aromatic rings. The molecule has 0 bridgehead atoms. The fourth-order valence-electron chi connectivity index (χ4n) is 9.06. The predicted octanol–water partition coefficient (Wildman–Crippen LogP) is 8.76. The van der Waals surface area contributed by atoms with Gasteiger partial charge in [-0.15, -0.1) is 0 Å². The molecule has 2 fully saturated rings. The summed E-state index contributed by atoms with van der Waals surface area (Å²) >= 11 is 0. The van der Waals surface area contributed by atoms with Crippen LogP contribution >= 0.6 is 21.6 Å². The van der Waals surface area contributed by atoms with Gasteiger partial charge in [-0.05, 0) is 94.7 Å². The molecular formula is C57H75N5O13S2. The zero-order valence-electron chi connectivity index (χ0n) is 45.6. The first-order chi connectivity index (χ1) is 37.4. The fourth-order valence-corrected chi connectivity index (χ4v) is 11.3. The zero-order valence-corrected chi connectivity index (χ0v) is 47.2. The second-order valence-electron chi connectivity index (χ2n) is 19.2. The van der Waals surface area contributed by atoms with Crippen LogP contribution in [0, 0.1) is 0 Å². The minimum atomic E-state index is -0.109. The SMILES string of the molecule is C/C=C1/C[C@H]2C=Nc3cc(OCc4cc(COc5cc6c(cc5OC)C(=O)N5C/C(=C/C)C[C@H]5C=N6)cc(OCCOCCOCCOCCOCCOCCNC(=O)CCC(C)(C)SSC)c4)c(OC)cc3C(=O)N2C1. The second-order valence-corrected chi connectivity index (χ2v) is 22.3. The molecule has 18 nitrogen and oxygen atoms in total. The van der Waals surface area contributed by atoms with E-state index in [0.29, 0.717) is 143 Å². The van der Waals surface area contributed by atoms with Gasteiger partial charge in [0.25, 0.3) is 11.8 Å². The van der Waals surface area contributed by atoms with Crippen LogP contribution in [0.3, 0.4) is 0 Å². The average Bonchev–Trinajstić information content (AvgIpc) is 4.00. The third-order valence-corrected chi connectivity index (χ3v) is 15.9. The standard InChI is InChI=1S/C57H75N5O13S2/c1-8-39-25-43-33-59-48-31-52(50(66-5)29-46(48)55(64)61(43)35-39)74-37-41-24-42(38-75-53-32-49-47(30-51(53)67-6)56(65)62-36-40(9-2)26-44(62)34-60-49)28-45(27-41)73-23-22-72-21-20-71-19-18-70-17-16-69-15-14-68-13-12-58-54(63)10-11-57(3,4)77-76-7/h8-9,24,27-34,43-44H,10-23,25-26,35-38H2,1-7H3,(H,58,63)/b39-8-,40-9+/t43-,44-/m0/s1. The lowest BCUT2D eigenvalue weighted by Gasteiger charge is -2.21. The molecule has 0 radical (unpaired) electrons. The highest BCUT2D eigenvalue weighted by Crippen LogP contribution is 2.41. The van der Waals surface area contributed by atoms with Crippen molar-refractivity contribution in [1.82, 2.24) is 15.1 Å². The van der Waals surface area contributed by atoms with E-state index in [4.69, 9.17) is 57.4 Å². The molecule has 0 spiro atoms.